The first-order valence-corrected chi connectivity index (χ1v) is 5.70. The highest BCUT2D eigenvalue weighted by atomic mass is 16.5. The maximum absolute atomic E-state index is 11.5. The number of benzene rings is 1. The molecule has 1 aromatic rings. The normalized spacial score (nSPS) is 12.6. The Balaban J connectivity index is 2.63. The molecule has 0 aromatic heterocycles. The van der Waals surface area contributed by atoms with Crippen LogP contribution in [0.25, 0.3) is 0 Å². The zero-order chi connectivity index (χ0) is 13.8. The van der Waals surface area contributed by atoms with E-state index in [1.165, 1.54) is 0 Å². The summed E-state index contributed by atoms with van der Waals surface area (Å²) >= 11 is 0. The van der Waals surface area contributed by atoms with E-state index >= 15 is 0 Å². The van der Waals surface area contributed by atoms with Crippen LogP contribution < -0.4 is 0 Å². The van der Waals surface area contributed by atoms with E-state index in [1.54, 1.807) is 45.0 Å². The van der Waals surface area contributed by atoms with Crippen molar-refractivity contribution < 1.29 is 14.6 Å². The maximum Gasteiger partial charge on any atom is 0.311 e. The third kappa shape index (κ3) is 3.86. The highest BCUT2D eigenvalue weighted by Crippen LogP contribution is 2.19. The van der Waals surface area contributed by atoms with Crippen LogP contribution in [0.5, 0.6) is 0 Å². The van der Waals surface area contributed by atoms with Crippen LogP contribution >= 0.6 is 0 Å². The number of nitriles is 1. The lowest BCUT2D eigenvalue weighted by molar-refractivity contribution is -0.156. The molecule has 4 nitrogen and oxygen atoms in total. The second-order valence-corrected chi connectivity index (χ2v) is 5.10. The van der Waals surface area contributed by atoms with E-state index in [1.807, 2.05) is 6.07 Å². The van der Waals surface area contributed by atoms with Crippen molar-refractivity contribution in [3.63, 3.8) is 0 Å². The molecule has 0 amide bonds. The van der Waals surface area contributed by atoms with Crippen LogP contribution in [0, 0.1) is 16.7 Å². The van der Waals surface area contributed by atoms with E-state index < -0.39 is 11.5 Å². The lowest BCUT2D eigenvalue weighted by Gasteiger charge is -2.18. The molecule has 18 heavy (non-hydrogen) atoms. The van der Waals surface area contributed by atoms with Gasteiger partial charge in [-0.05, 0) is 38.5 Å². The number of ether oxygens (including phenoxy) is 1. The summed E-state index contributed by atoms with van der Waals surface area (Å²) in [4.78, 5) is 11.5. The zero-order valence-corrected chi connectivity index (χ0v) is 10.8. The first-order chi connectivity index (χ1) is 8.34. The quantitative estimate of drug-likeness (QED) is 0.831. The van der Waals surface area contributed by atoms with Crippen LogP contribution in [0.3, 0.4) is 0 Å². The lowest BCUT2D eigenvalue weighted by atomic mass is 9.97. The van der Waals surface area contributed by atoms with E-state index in [9.17, 15) is 9.90 Å². The molecule has 0 radical (unpaired) electrons. The third-order valence-corrected chi connectivity index (χ3v) is 2.39. The molecule has 1 aromatic carbocycles. The second-order valence-electron chi connectivity index (χ2n) is 5.10. The molecular formula is C14H17NO3. The zero-order valence-electron chi connectivity index (χ0n) is 10.8. The summed E-state index contributed by atoms with van der Waals surface area (Å²) < 4.78 is 5.02. The Labute approximate surface area is 107 Å². The van der Waals surface area contributed by atoms with Gasteiger partial charge in [0.1, 0.15) is 12.7 Å². The largest absolute Gasteiger partial charge is 0.462 e. The van der Waals surface area contributed by atoms with Gasteiger partial charge in [-0.1, -0.05) is 12.1 Å². The molecule has 0 aliphatic carbocycles. The first-order valence-electron chi connectivity index (χ1n) is 5.70. The number of carbonyl (C=O) groups excluding carboxylic acids is 1. The lowest BCUT2D eigenvalue weighted by Crippen LogP contribution is -2.25. The molecule has 0 spiro atoms. The van der Waals surface area contributed by atoms with Crippen molar-refractivity contribution in [2.24, 2.45) is 5.41 Å². The van der Waals surface area contributed by atoms with Gasteiger partial charge in [-0.3, -0.25) is 4.79 Å². The van der Waals surface area contributed by atoms with Crippen LogP contribution in [-0.4, -0.2) is 17.7 Å². The summed E-state index contributed by atoms with van der Waals surface area (Å²) in [6, 6.07) is 8.60. The molecule has 1 atom stereocenters. The number of hydrogen-bond donors (Lipinski definition) is 1. The van der Waals surface area contributed by atoms with Gasteiger partial charge in [0.15, 0.2) is 0 Å². The van der Waals surface area contributed by atoms with Crippen molar-refractivity contribution in [2.45, 2.75) is 26.9 Å². The number of rotatable bonds is 3. The molecule has 0 aliphatic rings. The second kappa shape index (κ2) is 5.65. The van der Waals surface area contributed by atoms with Crippen molar-refractivity contribution in [1.82, 2.24) is 0 Å². The molecule has 0 heterocycles. The number of esters is 1. The smallest absolute Gasteiger partial charge is 0.311 e. The van der Waals surface area contributed by atoms with Gasteiger partial charge in [0.2, 0.25) is 0 Å². The molecule has 0 saturated heterocycles. The van der Waals surface area contributed by atoms with E-state index in [2.05, 4.69) is 0 Å². The Kier molecular flexibility index (Phi) is 4.46. The van der Waals surface area contributed by atoms with Crippen LogP contribution in [0.1, 0.15) is 38.0 Å². The van der Waals surface area contributed by atoms with Crippen molar-refractivity contribution in [1.29, 1.82) is 5.26 Å². The van der Waals surface area contributed by atoms with Gasteiger partial charge >= 0.3 is 5.97 Å². The fourth-order valence-corrected chi connectivity index (χ4v) is 1.28. The molecule has 96 valence electrons. The predicted molar refractivity (Wildman–Crippen MR) is 66.5 cm³/mol. The molecule has 0 bridgehead atoms. The Bertz CT molecular complexity index is 469. The standard InChI is InChI=1S/C14H17NO3/c1-14(2,3)13(17)18-9-12(16)11-6-4-5-10(7-11)8-15/h4-7,12,16H,9H2,1-3H3. The van der Waals surface area contributed by atoms with Crippen LogP contribution in [0.2, 0.25) is 0 Å². The monoisotopic (exact) mass is 247 g/mol. The molecule has 1 unspecified atom stereocenters. The number of hydrogen-bond acceptors (Lipinski definition) is 4. The average Bonchev–Trinajstić information content (AvgIpc) is 2.34. The van der Waals surface area contributed by atoms with E-state index in [4.69, 9.17) is 10.00 Å². The Morgan fingerprint density at radius 3 is 2.72 bits per heavy atom. The number of nitrogens with zero attached hydrogens (tertiary/aromatic N) is 1. The highest BCUT2D eigenvalue weighted by molar-refractivity contribution is 5.75. The summed E-state index contributed by atoms with van der Waals surface area (Å²) in [5.41, 5.74) is 0.443. The fourth-order valence-electron chi connectivity index (χ4n) is 1.28. The molecule has 1 rings (SSSR count). The average molecular weight is 247 g/mol. The Morgan fingerprint density at radius 1 is 1.50 bits per heavy atom. The van der Waals surface area contributed by atoms with Crippen molar-refractivity contribution >= 4 is 5.97 Å². The molecule has 0 saturated carbocycles. The van der Waals surface area contributed by atoms with Crippen molar-refractivity contribution in [2.75, 3.05) is 6.61 Å². The van der Waals surface area contributed by atoms with Crippen LogP contribution in [-0.2, 0) is 9.53 Å². The van der Waals surface area contributed by atoms with Crippen molar-refractivity contribution in [3.8, 4) is 6.07 Å². The third-order valence-electron chi connectivity index (χ3n) is 2.39. The van der Waals surface area contributed by atoms with Gasteiger partial charge in [-0.2, -0.15) is 5.26 Å². The van der Waals surface area contributed by atoms with Gasteiger partial charge in [0.05, 0.1) is 17.0 Å². The summed E-state index contributed by atoms with van der Waals surface area (Å²) in [5, 5.41) is 18.6. The Hall–Kier alpha value is -1.86. The van der Waals surface area contributed by atoms with Gasteiger partial charge < -0.3 is 9.84 Å². The van der Waals surface area contributed by atoms with Gasteiger partial charge in [-0.25, -0.2) is 0 Å². The number of carbonyl (C=O) groups is 1. The van der Waals surface area contributed by atoms with E-state index in [-0.39, 0.29) is 12.6 Å². The minimum absolute atomic E-state index is 0.106. The summed E-state index contributed by atoms with van der Waals surface area (Å²) in [6.45, 7) is 5.14. The number of aliphatic hydroxyl groups excluding tert-OH is 1. The fraction of sp³-hybridized carbons (Fsp3) is 0.429. The summed E-state index contributed by atoms with van der Waals surface area (Å²) in [5.74, 6) is -0.363. The van der Waals surface area contributed by atoms with Gasteiger partial charge in [0, 0.05) is 0 Å². The SMILES string of the molecule is CC(C)(C)C(=O)OCC(O)c1cccc(C#N)c1. The maximum atomic E-state index is 11.5. The Morgan fingerprint density at radius 2 is 2.17 bits per heavy atom. The summed E-state index contributed by atoms with van der Waals surface area (Å²) in [7, 11) is 0. The number of aliphatic hydroxyl groups is 1. The minimum Gasteiger partial charge on any atom is -0.462 e. The molecule has 0 aliphatic heterocycles. The topological polar surface area (TPSA) is 70.3 Å². The first kappa shape index (κ1) is 14.2. The van der Waals surface area contributed by atoms with Crippen LogP contribution in [0.15, 0.2) is 24.3 Å². The molecule has 4 heteroatoms. The summed E-state index contributed by atoms with van der Waals surface area (Å²) in [6.07, 6.45) is -0.912. The molecule has 0 fully saturated rings. The van der Waals surface area contributed by atoms with Gasteiger partial charge in [-0.15, -0.1) is 0 Å². The molecular weight excluding hydrogens is 230 g/mol. The van der Waals surface area contributed by atoms with Crippen molar-refractivity contribution in [3.05, 3.63) is 35.4 Å². The molecule has 1 N–H and O–H groups in total. The van der Waals surface area contributed by atoms with Gasteiger partial charge in [0.25, 0.3) is 0 Å². The van der Waals surface area contributed by atoms with E-state index in [0.717, 1.165) is 0 Å². The van der Waals surface area contributed by atoms with Crippen LogP contribution in [0.4, 0.5) is 0 Å². The minimum atomic E-state index is -0.912. The van der Waals surface area contributed by atoms with E-state index in [0.29, 0.717) is 11.1 Å². The predicted octanol–water partition coefficient (Wildman–Crippen LogP) is 2.18. The highest BCUT2D eigenvalue weighted by Gasteiger charge is 2.24.